The summed E-state index contributed by atoms with van der Waals surface area (Å²) in [5.41, 5.74) is 2.95. The average molecular weight is 700 g/mol. The van der Waals surface area contributed by atoms with Crippen LogP contribution in [0.2, 0.25) is 5.02 Å². The van der Waals surface area contributed by atoms with Crippen molar-refractivity contribution in [3.05, 3.63) is 96.0 Å². The monoisotopic (exact) mass is 699 g/mol. The van der Waals surface area contributed by atoms with E-state index in [1.54, 1.807) is 23.1 Å². The van der Waals surface area contributed by atoms with Crippen molar-refractivity contribution in [3.8, 4) is 10.9 Å². The minimum absolute atomic E-state index is 0.183. The smallest absolute Gasteiger partial charge is 0.278 e. The summed E-state index contributed by atoms with van der Waals surface area (Å²) in [6.45, 7) is 0.195. The molecule has 0 spiro atoms. The molecule has 3 heterocycles. The zero-order valence-corrected chi connectivity index (χ0v) is 28.4. The van der Waals surface area contributed by atoms with E-state index in [2.05, 4.69) is 27.2 Å². The first-order chi connectivity index (χ1) is 23.9. The van der Waals surface area contributed by atoms with Crippen LogP contribution in [-0.2, 0) is 14.4 Å². The van der Waals surface area contributed by atoms with Gasteiger partial charge in [0.2, 0.25) is 11.8 Å². The van der Waals surface area contributed by atoms with Crippen molar-refractivity contribution in [1.82, 2.24) is 20.7 Å². The van der Waals surface area contributed by atoms with E-state index in [1.165, 1.54) is 11.3 Å². The highest BCUT2D eigenvalue weighted by atomic mass is 35.5. The number of benzene rings is 3. The number of anilines is 1. The molecule has 3 aliphatic rings. The highest BCUT2D eigenvalue weighted by Gasteiger charge is 2.61. The third kappa shape index (κ3) is 7.52. The fourth-order valence-corrected chi connectivity index (χ4v) is 7.81. The lowest BCUT2D eigenvalue weighted by Gasteiger charge is -2.30. The van der Waals surface area contributed by atoms with E-state index < -0.39 is 35.5 Å². The van der Waals surface area contributed by atoms with Gasteiger partial charge in [0.15, 0.2) is 5.75 Å². The van der Waals surface area contributed by atoms with E-state index in [0.29, 0.717) is 28.8 Å². The Morgan fingerprint density at radius 3 is 2.63 bits per heavy atom. The molecule has 254 valence electrons. The fourth-order valence-electron chi connectivity index (χ4n) is 6.66. The van der Waals surface area contributed by atoms with E-state index in [4.69, 9.17) is 21.2 Å². The van der Waals surface area contributed by atoms with Crippen molar-refractivity contribution in [2.24, 2.45) is 5.92 Å². The number of para-hydroxylation sites is 2. The number of rotatable bonds is 7. The number of allylic oxidation sites excluding steroid dienone is 1. The molecule has 10 nitrogen and oxygen atoms in total. The number of aromatic nitrogens is 1. The van der Waals surface area contributed by atoms with E-state index >= 15 is 0 Å². The summed E-state index contributed by atoms with van der Waals surface area (Å²) >= 11 is 7.57. The van der Waals surface area contributed by atoms with Crippen molar-refractivity contribution in [1.29, 1.82) is 0 Å². The number of nitrogens with zero attached hydrogens (tertiary/aromatic N) is 2. The fraction of sp³-hybridized carbons (Fsp3) is 0.351. The molecule has 3 aromatic carbocycles. The Balaban J connectivity index is 1.16. The first kappa shape index (κ1) is 32.9. The normalized spacial score (nSPS) is 25.7. The summed E-state index contributed by atoms with van der Waals surface area (Å²) < 4.78 is 7.23. The van der Waals surface area contributed by atoms with Crippen molar-refractivity contribution in [2.45, 2.75) is 68.7 Å². The van der Waals surface area contributed by atoms with Crippen molar-refractivity contribution in [3.63, 3.8) is 0 Å². The predicted octanol–water partition coefficient (Wildman–Crippen LogP) is 6.28. The Bertz CT molecular complexity index is 1840. The topological polar surface area (TPSA) is 122 Å². The van der Waals surface area contributed by atoms with Crippen LogP contribution in [0.15, 0.2) is 91.0 Å². The number of thiazole rings is 1. The third-order valence-corrected chi connectivity index (χ3v) is 10.5. The highest BCUT2D eigenvalue weighted by Crippen LogP contribution is 2.45. The first-order valence-electron chi connectivity index (χ1n) is 16.7. The van der Waals surface area contributed by atoms with Crippen LogP contribution in [0.5, 0.6) is 10.9 Å². The summed E-state index contributed by atoms with van der Waals surface area (Å²) in [7, 11) is 0. The molecule has 2 aliphatic heterocycles. The number of hydrogen-bond acceptors (Lipinski definition) is 8. The Hall–Kier alpha value is -4.61. The number of hydrogen-bond donors (Lipinski definition) is 3. The van der Waals surface area contributed by atoms with Gasteiger partial charge in [-0.25, -0.2) is 4.98 Å². The maximum atomic E-state index is 14.4. The summed E-state index contributed by atoms with van der Waals surface area (Å²) in [5, 5.41) is 7.54. The van der Waals surface area contributed by atoms with Crippen molar-refractivity contribution in [2.75, 3.05) is 11.9 Å². The number of ether oxygens (including phenoxy) is 1. The average Bonchev–Trinajstić information content (AvgIpc) is 3.41. The summed E-state index contributed by atoms with van der Waals surface area (Å²) in [4.78, 5) is 54.2. The molecule has 0 bridgehead atoms. The van der Waals surface area contributed by atoms with E-state index in [-0.39, 0.29) is 24.8 Å². The van der Waals surface area contributed by atoms with Crippen LogP contribution in [0.1, 0.15) is 44.9 Å². The Morgan fingerprint density at radius 1 is 1.02 bits per heavy atom. The van der Waals surface area contributed by atoms with Gasteiger partial charge in [-0.3, -0.25) is 14.4 Å². The summed E-state index contributed by atoms with van der Waals surface area (Å²) in [6, 6.07) is 22.6. The molecule has 0 radical (unpaired) electrons. The molecule has 5 atom stereocenters. The molecule has 49 heavy (non-hydrogen) atoms. The molecule has 1 aliphatic carbocycles. The second-order valence-corrected chi connectivity index (χ2v) is 14.3. The number of carbonyl (C=O) groups excluding carboxylic acids is 3. The van der Waals surface area contributed by atoms with Crippen LogP contribution < -0.4 is 25.7 Å². The molecular weight excluding hydrogens is 662 g/mol. The molecule has 1 saturated heterocycles. The number of hydroxylamine groups is 1. The minimum Gasteiger partial charge on any atom is -0.465 e. The second-order valence-electron chi connectivity index (χ2n) is 12.8. The predicted molar refractivity (Wildman–Crippen MR) is 189 cm³/mol. The molecule has 3 N–H and O–H groups in total. The van der Waals surface area contributed by atoms with E-state index in [1.807, 2.05) is 66.7 Å². The SMILES string of the molecule is O=C1N[C@]2(C(=O)NOc3ccccc3)C[C@H]2C=CCCCCC[C@H](Nc2ccccc2)C(=O)N2C[C@H](Oc3nc4ccc(Cl)cc4s3)C[C@@H]12. The molecule has 4 aromatic rings. The molecular formula is C37H38ClN5O5S. The van der Waals surface area contributed by atoms with Crippen LogP contribution in [0.25, 0.3) is 10.2 Å². The molecule has 12 heteroatoms. The highest BCUT2D eigenvalue weighted by molar-refractivity contribution is 7.20. The van der Waals surface area contributed by atoms with Crippen LogP contribution in [0.3, 0.4) is 0 Å². The lowest BCUT2D eigenvalue weighted by molar-refractivity contribution is -0.141. The Labute approximate surface area is 293 Å². The Morgan fingerprint density at radius 2 is 1.82 bits per heavy atom. The van der Waals surface area contributed by atoms with Gasteiger partial charge < -0.3 is 25.1 Å². The number of halogens is 1. The largest absolute Gasteiger partial charge is 0.465 e. The molecule has 0 unspecified atom stereocenters. The molecule has 1 aromatic heterocycles. The first-order valence-corrected chi connectivity index (χ1v) is 17.9. The van der Waals surface area contributed by atoms with E-state index in [9.17, 15) is 14.4 Å². The van der Waals surface area contributed by atoms with Gasteiger partial charge in [-0.05, 0) is 68.1 Å². The molecule has 2 fully saturated rings. The number of carbonyl (C=O) groups is 3. The van der Waals surface area contributed by atoms with Crippen LogP contribution in [0.4, 0.5) is 5.69 Å². The second kappa shape index (κ2) is 14.5. The van der Waals surface area contributed by atoms with Crippen molar-refractivity contribution < 1.29 is 24.0 Å². The van der Waals surface area contributed by atoms with Gasteiger partial charge in [-0.15, -0.1) is 0 Å². The van der Waals surface area contributed by atoms with Gasteiger partial charge in [-0.2, -0.15) is 5.48 Å². The summed E-state index contributed by atoms with van der Waals surface area (Å²) in [5.74, 6) is -0.762. The van der Waals surface area contributed by atoms with Crippen molar-refractivity contribution >= 4 is 56.6 Å². The zero-order valence-electron chi connectivity index (χ0n) is 26.8. The quantitative estimate of drug-likeness (QED) is 0.153. The standard InChI is InChI=1S/C37H38ClN5O5S/c38-25-18-19-29-32(20-25)49-36(40-29)47-28-21-31-33(44)41-37(35(46)42-48-27-15-9-5-10-16-27)22-24(37)12-6-2-1-3-11-17-30(34(45)43(31)23-28)39-26-13-7-4-8-14-26/h4-10,12-16,18-20,24,28,30-31,39H,1-3,11,17,21-23H2,(H,41,44)(H,42,46)/t24-,28-,30+,31+,37-/m1/s1. The zero-order chi connectivity index (χ0) is 33.8. The summed E-state index contributed by atoms with van der Waals surface area (Å²) in [6.07, 6.45) is 8.47. The number of fused-ring (bicyclic) bond motifs is 3. The molecule has 3 amide bonds. The van der Waals surface area contributed by atoms with Gasteiger partial charge in [0, 0.05) is 23.0 Å². The lowest BCUT2D eigenvalue weighted by atomic mass is 10.0. The van der Waals surface area contributed by atoms with Crippen LogP contribution in [-0.4, -0.2) is 57.9 Å². The molecule has 1 saturated carbocycles. The van der Waals surface area contributed by atoms with Crippen LogP contribution in [0, 0.1) is 5.92 Å². The number of amides is 3. The van der Waals surface area contributed by atoms with Gasteiger partial charge in [-0.1, -0.05) is 84.3 Å². The Kier molecular flexibility index (Phi) is 9.72. The molecule has 7 rings (SSSR count). The van der Waals surface area contributed by atoms with E-state index in [0.717, 1.165) is 41.6 Å². The minimum atomic E-state index is -1.20. The van der Waals surface area contributed by atoms with Gasteiger partial charge >= 0.3 is 0 Å². The maximum absolute atomic E-state index is 14.4. The maximum Gasteiger partial charge on any atom is 0.278 e. The lowest BCUT2D eigenvalue weighted by Crippen LogP contribution is -2.57. The van der Waals surface area contributed by atoms with Gasteiger partial charge in [0.05, 0.1) is 16.8 Å². The van der Waals surface area contributed by atoms with Crippen LogP contribution >= 0.6 is 22.9 Å². The third-order valence-electron chi connectivity index (χ3n) is 9.36. The van der Waals surface area contributed by atoms with Gasteiger partial charge in [0.1, 0.15) is 23.7 Å². The number of nitrogens with one attached hydrogen (secondary N) is 3. The van der Waals surface area contributed by atoms with Gasteiger partial charge in [0.25, 0.3) is 11.1 Å².